The second-order valence-electron chi connectivity index (χ2n) is 26.1. The molecule has 87 heavy (non-hydrogen) atoms. The summed E-state index contributed by atoms with van der Waals surface area (Å²) in [5, 5.41) is 3.07. The number of allylic oxidation sites excluding steroid dienone is 13. The van der Waals surface area contributed by atoms with Crippen molar-refractivity contribution in [3.8, 4) is 0 Å². The van der Waals surface area contributed by atoms with E-state index < -0.39 is 20.0 Å². The molecule has 0 saturated heterocycles. The number of carbonyl (C=O) groups excluding carboxylic acids is 2. The third kappa shape index (κ3) is 67.4. The topological polar surface area (TPSA) is 111 Å². The summed E-state index contributed by atoms with van der Waals surface area (Å²) >= 11 is 0. The van der Waals surface area contributed by atoms with Crippen LogP contribution in [0.1, 0.15) is 342 Å². The molecule has 0 aromatic heterocycles. The van der Waals surface area contributed by atoms with Crippen molar-refractivity contribution in [1.82, 2.24) is 5.32 Å². The fourth-order valence-corrected chi connectivity index (χ4v) is 11.4. The average Bonchev–Trinajstić information content (AvgIpc) is 3.70. The number of nitrogens with one attached hydrogen (secondary N) is 1. The van der Waals surface area contributed by atoms with Crippen molar-refractivity contribution in [3.63, 3.8) is 0 Å². The van der Waals surface area contributed by atoms with Crippen LogP contribution in [0, 0.1) is 0 Å². The molecule has 9 nitrogen and oxygen atoms in total. The summed E-state index contributed by atoms with van der Waals surface area (Å²) in [6, 6.07) is -0.855. The van der Waals surface area contributed by atoms with Crippen LogP contribution in [-0.2, 0) is 27.9 Å². The smallest absolute Gasteiger partial charge is 0.456 e. The molecule has 0 aromatic carbocycles. The van der Waals surface area contributed by atoms with Gasteiger partial charge in [-0.05, 0) is 102 Å². The maximum atomic E-state index is 13.6. The Labute approximate surface area is 539 Å². The van der Waals surface area contributed by atoms with Gasteiger partial charge in [-0.25, -0.2) is 4.57 Å². The molecule has 0 saturated carbocycles. The lowest BCUT2D eigenvalue weighted by Gasteiger charge is -2.27. The maximum Gasteiger partial charge on any atom is 0.472 e. The number of phosphoric ester groups is 1. The molecule has 0 rings (SSSR count). The van der Waals surface area contributed by atoms with Crippen molar-refractivity contribution in [3.05, 3.63) is 85.1 Å². The SMILES string of the molecule is CC/C=C\C/C=C\C/C=C\C/C=C\C/C=C\CCCCCCCCCCCC(=O)NC(COP(=O)(O)OCC[N+](C)(C)C)C(/C=C/CCCCCCCCCCC)OC(=O)CCCCCCCCCCCCCCCCC/C=C/CCCCCCCC. The number of carbonyl (C=O) groups is 2. The zero-order valence-electron chi connectivity index (χ0n) is 58.0. The molecule has 0 aliphatic carbocycles. The lowest BCUT2D eigenvalue weighted by atomic mass is 10.0. The van der Waals surface area contributed by atoms with Crippen LogP contribution in [0.15, 0.2) is 85.1 Å². The molecule has 0 radical (unpaired) electrons. The number of amides is 1. The van der Waals surface area contributed by atoms with Crippen LogP contribution in [0.4, 0.5) is 0 Å². The van der Waals surface area contributed by atoms with Gasteiger partial charge in [0.2, 0.25) is 5.91 Å². The molecule has 0 heterocycles. The Bertz CT molecular complexity index is 1760. The molecule has 10 heteroatoms. The van der Waals surface area contributed by atoms with Crippen molar-refractivity contribution in [2.75, 3.05) is 40.9 Å². The number of hydrogen-bond acceptors (Lipinski definition) is 6. The molecule has 0 fully saturated rings. The van der Waals surface area contributed by atoms with E-state index >= 15 is 0 Å². The summed E-state index contributed by atoms with van der Waals surface area (Å²) in [4.78, 5) is 37.9. The van der Waals surface area contributed by atoms with Gasteiger partial charge < -0.3 is 19.4 Å². The van der Waals surface area contributed by atoms with E-state index in [-0.39, 0.29) is 31.5 Å². The molecule has 0 aliphatic heterocycles. The van der Waals surface area contributed by atoms with Crippen molar-refractivity contribution in [2.24, 2.45) is 0 Å². The second-order valence-corrected chi connectivity index (χ2v) is 27.5. The Morgan fingerprint density at radius 1 is 0.414 bits per heavy atom. The fourth-order valence-electron chi connectivity index (χ4n) is 10.7. The first-order valence-corrected chi connectivity index (χ1v) is 38.4. The van der Waals surface area contributed by atoms with Crippen LogP contribution in [-0.4, -0.2) is 74.3 Å². The van der Waals surface area contributed by atoms with Gasteiger partial charge in [-0.15, -0.1) is 0 Å². The predicted molar refractivity (Wildman–Crippen MR) is 378 cm³/mol. The standard InChI is InChI=1S/C77H141N2O7P/c1-7-10-13-16-19-22-25-27-29-31-33-35-37-39-41-43-45-47-49-51-54-57-60-63-66-69-76(80)78-74(73-85-87(82,83)84-72-71-79(4,5)6)75(68-65-62-59-56-53-24-21-18-15-12-9-3)86-77(81)70-67-64-61-58-55-52-50-48-46-44-42-40-38-36-34-32-30-28-26-23-20-17-14-11-8-2/h10,13,19,22,27-30,33,35,39,41,65,68,74-75H,7-9,11-12,14-18,20-21,23-26,31-32,34,36-38,40,42-64,66-67,69-73H2,1-6H3,(H-,78,80,82,83)/p+1/b13-10-,22-19-,29-27-,30-28+,35-33-,41-39-,68-65+. The zero-order chi connectivity index (χ0) is 63.5. The normalized spacial score (nSPS) is 14.0. The number of unbranched alkanes of at least 4 members (excludes halogenated alkanes) is 39. The molecule has 1 amide bonds. The number of hydrogen-bond donors (Lipinski definition) is 2. The van der Waals surface area contributed by atoms with Crippen LogP contribution in [0.2, 0.25) is 0 Å². The Kier molecular flexibility index (Phi) is 64.0. The summed E-state index contributed by atoms with van der Waals surface area (Å²) in [5.74, 6) is -0.503. The van der Waals surface area contributed by atoms with Crippen molar-refractivity contribution in [2.45, 2.75) is 354 Å². The van der Waals surface area contributed by atoms with Gasteiger partial charge in [-0.1, -0.05) is 312 Å². The van der Waals surface area contributed by atoms with Crippen LogP contribution >= 0.6 is 7.82 Å². The van der Waals surface area contributed by atoms with E-state index in [9.17, 15) is 19.0 Å². The monoisotopic (exact) mass is 1240 g/mol. The predicted octanol–water partition coefficient (Wildman–Crippen LogP) is 23.7. The lowest BCUT2D eigenvalue weighted by Crippen LogP contribution is -2.47. The van der Waals surface area contributed by atoms with E-state index in [0.717, 1.165) is 103 Å². The largest absolute Gasteiger partial charge is 0.472 e. The van der Waals surface area contributed by atoms with Crippen LogP contribution < -0.4 is 5.32 Å². The number of quaternary nitrogens is 1. The molecular formula is C77H142N2O7P+. The third-order valence-electron chi connectivity index (χ3n) is 16.3. The van der Waals surface area contributed by atoms with E-state index in [4.69, 9.17) is 13.8 Å². The molecular weight excluding hydrogens is 1100 g/mol. The number of ether oxygens (including phenoxy) is 1. The molecule has 2 N–H and O–H groups in total. The summed E-state index contributed by atoms with van der Waals surface area (Å²) in [6.45, 7) is 6.92. The number of phosphoric acid groups is 1. The molecule has 3 unspecified atom stereocenters. The molecule has 0 spiro atoms. The first-order chi connectivity index (χ1) is 42.4. The highest BCUT2D eigenvalue weighted by Gasteiger charge is 2.30. The fraction of sp³-hybridized carbons (Fsp3) is 0.792. The molecule has 0 bridgehead atoms. The van der Waals surface area contributed by atoms with Gasteiger partial charge >= 0.3 is 13.8 Å². The van der Waals surface area contributed by atoms with E-state index in [1.54, 1.807) is 0 Å². The first-order valence-electron chi connectivity index (χ1n) is 36.9. The molecule has 0 aliphatic rings. The summed E-state index contributed by atoms with van der Waals surface area (Å²) in [7, 11) is 1.49. The number of rotatable bonds is 67. The van der Waals surface area contributed by atoms with Gasteiger partial charge in [-0.2, -0.15) is 0 Å². The Morgan fingerprint density at radius 3 is 1.11 bits per heavy atom. The Morgan fingerprint density at radius 2 is 0.736 bits per heavy atom. The first kappa shape index (κ1) is 84.2. The maximum absolute atomic E-state index is 13.6. The van der Waals surface area contributed by atoms with E-state index in [2.05, 4.69) is 99.0 Å². The van der Waals surface area contributed by atoms with Crippen LogP contribution in [0.5, 0.6) is 0 Å². The minimum Gasteiger partial charge on any atom is -0.456 e. The highest BCUT2D eigenvalue weighted by Crippen LogP contribution is 2.43. The molecule has 3 atom stereocenters. The number of nitrogens with zero attached hydrogens (tertiary/aromatic N) is 1. The van der Waals surface area contributed by atoms with Crippen LogP contribution in [0.3, 0.4) is 0 Å². The minimum atomic E-state index is -4.46. The van der Waals surface area contributed by atoms with Crippen molar-refractivity contribution in [1.29, 1.82) is 0 Å². The van der Waals surface area contributed by atoms with E-state index in [0.29, 0.717) is 17.4 Å². The molecule has 506 valence electrons. The summed E-state index contributed by atoms with van der Waals surface area (Å²) < 4.78 is 30.8. The van der Waals surface area contributed by atoms with Gasteiger partial charge in [0, 0.05) is 12.8 Å². The van der Waals surface area contributed by atoms with Gasteiger partial charge in [0.25, 0.3) is 0 Å². The minimum absolute atomic E-state index is 0.0371. The zero-order valence-corrected chi connectivity index (χ0v) is 58.9. The Balaban J connectivity index is 4.98. The van der Waals surface area contributed by atoms with Crippen LogP contribution in [0.25, 0.3) is 0 Å². The quantitative estimate of drug-likeness (QED) is 0.0205. The molecule has 0 aromatic rings. The van der Waals surface area contributed by atoms with Gasteiger partial charge in [0.1, 0.15) is 19.3 Å². The van der Waals surface area contributed by atoms with Crippen molar-refractivity contribution >= 4 is 19.7 Å². The van der Waals surface area contributed by atoms with Crippen molar-refractivity contribution < 1.29 is 37.3 Å². The summed E-state index contributed by atoms with van der Waals surface area (Å²) in [5.41, 5.74) is 0. The highest BCUT2D eigenvalue weighted by molar-refractivity contribution is 7.47. The third-order valence-corrected chi connectivity index (χ3v) is 17.3. The lowest BCUT2D eigenvalue weighted by molar-refractivity contribution is -0.870. The Hall–Kier alpha value is -2.81. The highest BCUT2D eigenvalue weighted by atomic mass is 31.2. The number of esters is 1. The van der Waals surface area contributed by atoms with Gasteiger partial charge in [-0.3, -0.25) is 18.6 Å². The average molecular weight is 1240 g/mol. The van der Waals surface area contributed by atoms with E-state index in [1.807, 2.05) is 33.3 Å². The van der Waals surface area contributed by atoms with Gasteiger partial charge in [0.05, 0.1) is 33.8 Å². The van der Waals surface area contributed by atoms with Gasteiger partial charge in [0.15, 0.2) is 0 Å². The van der Waals surface area contributed by atoms with E-state index in [1.165, 1.54) is 205 Å². The second kappa shape index (κ2) is 66.1. The number of likely N-dealkylation sites (N-methyl/N-ethyl adjacent to an activating group) is 1. The summed E-state index contributed by atoms with van der Waals surface area (Å²) in [6.07, 6.45) is 88.9.